The molecule has 122 valence electrons. The summed E-state index contributed by atoms with van der Waals surface area (Å²) in [5.74, 6) is -3.70. The fourth-order valence-corrected chi connectivity index (χ4v) is 1.88. The van der Waals surface area contributed by atoms with Crippen molar-refractivity contribution >= 4 is 11.8 Å². The van der Waals surface area contributed by atoms with Gasteiger partial charge >= 0.3 is 5.97 Å². The van der Waals surface area contributed by atoms with Gasteiger partial charge in [-0.1, -0.05) is 0 Å². The van der Waals surface area contributed by atoms with Gasteiger partial charge in [0.05, 0.1) is 5.56 Å². The molecule has 2 aromatic rings. The van der Waals surface area contributed by atoms with E-state index in [0.29, 0.717) is 6.07 Å². The third-order valence-corrected chi connectivity index (χ3v) is 2.78. The number of Topliss-reactive ketones (excluding diaryl/α,β-unsaturated/α-hetero) is 1. The highest BCUT2D eigenvalue weighted by molar-refractivity contribution is 6.10. The second-order valence-electron chi connectivity index (χ2n) is 5.80. The Kier molecular flexibility index (Phi) is 4.53. The molecule has 0 fully saturated rings. The number of carbonyl (C=O) groups excluding carboxylic acids is 2. The zero-order valence-electron chi connectivity index (χ0n) is 12.8. The molecule has 0 bridgehead atoms. The van der Waals surface area contributed by atoms with Crippen LogP contribution >= 0.6 is 0 Å². The molecule has 1 heterocycles. The van der Waals surface area contributed by atoms with Crippen molar-refractivity contribution in [3.05, 3.63) is 48.1 Å². The maximum Gasteiger partial charge on any atom is 0.339 e. The minimum absolute atomic E-state index is 0.433. The number of nitrogens with zero attached hydrogens (tertiary/aromatic N) is 3. The minimum atomic E-state index is -1.54. The van der Waals surface area contributed by atoms with E-state index in [4.69, 9.17) is 4.74 Å². The Morgan fingerprint density at radius 1 is 1.26 bits per heavy atom. The SMILES string of the molecule is CC(C)(C)OC(=O)C(C(=O)c1ccc(F)cc1F)n1cncn1. The van der Waals surface area contributed by atoms with Crippen LogP contribution in [0.25, 0.3) is 0 Å². The predicted octanol–water partition coefficient (Wildman–Crippen LogP) is 2.32. The van der Waals surface area contributed by atoms with Crippen molar-refractivity contribution in [1.82, 2.24) is 14.8 Å². The van der Waals surface area contributed by atoms with Crippen LogP contribution in [-0.4, -0.2) is 32.1 Å². The fourth-order valence-electron chi connectivity index (χ4n) is 1.88. The van der Waals surface area contributed by atoms with Crippen LogP contribution in [0.1, 0.15) is 37.2 Å². The highest BCUT2D eigenvalue weighted by Crippen LogP contribution is 2.21. The lowest BCUT2D eigenvalue weighted by Gasteiger charge is -2.23. The Hall–Kier alpha value is -2.64. The summed E-state index contributed by atoms with van der Waals surface area (Å²) in [4.78, 5) is 28.5. The molecule has 0 radical (unpaired) electrons. The van der Waals surface area contributed by atoms with Crippen LogP contribution in [-0.2, 0) is 9.53 Å². The second-order valence-corrected chi connectivity index (χ2v) is 5.80. The van der Waals surface area contributed by atoms with Crippen molar-refractivity contribution in [2.75, 3.05) is 0 Å². The van der Waals surface area contributed by atoms with Crippen LogP contribution in [0.3, 0.4) is 0 Å². The van der Waals surface area contributed by atoms with Crippen LogP contribution in [0.2, 0.25) is 0 Å². The average Bonchev–Trinajstić information content (AvgIpc) is 2.90. The van der Waals surface area contributed by atoms with Crippen LogP contribution in [0.4, 0.5) is 8.78 Å². The first-order chi connectivity index (χ1) is 10.7. The van der Waals surface area contributed by atoms with E-state index in [9.17, 15) is 18.4 Å². The Morgan fingerprint density at radius 3 is 2.48 bits per heavy atom. The zero-order chi connectivity index (χ0) is 17.2. The van der Waals surface area contributed by atoms with E-state index in [-0.39, 0.29) is 0 Å². The first-order valence-corrected chi connectivity index (χ1v) is 6.75. The third-order valence-electron chi connectivity index (χ3n) is 2.78. The van der Waals surface area contributed by atoms with Crippen molar-refractivity contribution < 1.29 is 23.1 Å². The Labute approximate surface area is 131 Å². The Bertz CT molecular complexity index is 724. The lowest BCUT2D eigenvalue weighted by molar-refractivity contribution is -0.157. The molecular formula is C15H15F2N3O3. The largest absolute Gasteiger partial charge is 0.458 e. The monoisotopic (exact) mass is 323 g/mol. The molecule has 23 heavy (non-hydrogen) atoms. The zero-order valence-corrected chi connectivity index (χ0v) is 12.8. The van der Waals surface area contributed by atoms with Gasteiger partial charge in [0, 0.05) is 6.07 Å². The van der Waals surface area contributed by atoms with Crippen LogP contribution in [0, 0.1) is 11.6 Å². The maximum atomic E-state index is 13.8. The maximum absolute atomic E-state index is 13.8. The van der Waals surface area contributed by atoms with Crippen molar-refractivity contribution in [2.45, 2.75) is 32.4 Å². The van der Waals surface area contributed by atoms with Gasteiger partial charge in [-0.15, -0.1) is 0 Å². The summed E-state index contributed by atoms with van der Waals surface area (Å²) in [6.45, 7) is 4.89. The molecule has 1 aromatic heterocycles. The summed E-state index contributed by atoms with van der Waals surface area (Å²) in [6, 6.07) is 0.933. The van der Waals surface area contributed by atoms with E-state index < -0.39 is 40.6 Å². The van der Waals surface area contributed by atoms with Gasteiger partial charge in [0.2, 0.25) is 11.8 Å². The number of rotatable bonds is 4. The van der Waals surface area contributed by atoms with Gasteiger partial charge in [0.15, 0.2) is 0 Å². The normalized spacial score (nSPS) is 12.7. The Balaban J connectivity index is 2.41. The van der Waals surface area contributed by atoms with Gasteiger partial charge in [0.25, 0.3) is 0 Å². The van der Waals surface area contributed by atoms with Crippen molar-refractivity contribution in [1.29, 1.82) is 0 Å². The molecule has 0 amide bonds. The summed E-state index contributed by atoms with van der Waals surface area (Å²) in [7, 11) is 0. The summed E-state index contributed by atoms with van der Waals surface area (Å²) in [5.41, 5.74) is -1.28. The standard InChI is InChI=1S/C15H15F2N3O3/c1-15(2,3)23-14(22)12(20-8-18-7-19-20)13(21)10-5-4-9(16)6-11(10)17/h4-8,12H,1-3H3. The molecule has 0 saturated heterocycles. The molecule has 1 atom stereocenters. The first-order valence-electron chi connectivity index (χ1n) is 6.75. The van der Waals surface area contributed by atoms with Gasteiger partial charge in [-0.3, -0.25) is 4.79 Å². The third kappa shape index (κ3) is 3.97. The highest BCUT2D eigenvalue weighted by atomic mass is 19.1. The van der Waals surface area contributed by atoms with Crippen LogP contribution < -0.4 is 0 Å². The van der Waals surface area contributed by atoms with Crippen LogP contribution in [0.15, 0.2) is 30.9 Å². The average molecular weight is 323 g/mol. The number of halogens is 2. The van der Waals surface area contributed by atoms with E-state index in [1.807, 2.05) is 0 Å². The molecule has 1 unspecified atom stereocenters. The molecule has 0 aliphatic heterocycles. The number of benzene rings is 1. The van der Waals surface area contributed by atoms with Gasteiger partial charge < -0.3 is 4.74 Å². The Morgan fingerprint density at radius 2 is 1.96 bits per heavy atom. The lowest BCUT2D eigenvalue weighted by atomic mass is 10.0. The number of carbonyl (C=O) groups is 2. The van der Waals surface area contributed by atoms with Gasteiger partial charge in [-0.2, -0.15) is 5.10 Å². The van der Waals surface area contributed by atoms with E-state index in [0.717, 1.165) is 29.5 Å². The molecule has 0 N–H and O–H groups in total. The molecule has 2 rings (SSSR count). The number of ether oxygens (including phenoxy) is 1. The number of ketones is 1. The molecular weight excluding hydrogens is 308 g/mol. The van der Waals surface area contributed by atoms with E-state index >= 15 is 0 Å². The summed E-state index contributed by atoms with van der Waals surface area (Å²) in [5, 5.41) is 3.75. The predicted molar refractivity (Wildman–Crippen MR) is 75.6 cm³/mol. The summed E-state index contributed by atoms with van der Waals surface area (Å²) < 4.78 is 33.0. The number of aromatic nitrogens is 3. The smallest absolute Gasteiger partial charge is 0.339 e. The highest BCUT2D eigenvalue weighted by Gasteiger charge is 2.35. The minimum Gasteiger partial charge on any atom is -0.458 e. The van der Waals surface area contributed by atoms with Gasteiger partial charge in [-0.25, -0.2) is 23.2 Å². The van der Waals surface area contributed by atoms with Gasteiger partial charge in [0.1, 0.15) is 29.9 Å². The molecule has 0 saturated carbocycles. The first kappa shape index (κ1) is 16.7. The fraction of sp³-hybridized carbons (Fsp3) is 0.333. The topological polar surface area (TPSA) is 74.1 Å². The lowest BCUT2D eigenvalue weighted by Crippen LogP contribution is -2.35. The van der Waals surface area contributed by atoms with Crippen molar-refractivity contribution in [2.24, 2.45) is 0 Å². The van der Waals surface area contributed by atoms with E-state index in [1.54, 1.807) is 20.8 Å². The van der Waals surface area contributed by atoms with Crippen LogP contribution in [0.5, 0.6) is 0 Å². The molecule has 0 spiro atoms. The molecule has 8 heteroatoms. The van der Waals surface area contributed by atoms with E-state index in [1.165, 1.54) is 0 Å². The molecule has 0 aliphatic carbocycles. The quantitative estimate of drug-likeness (QED) is 0.490. The summed E-state index contributed by atoms with van der Waals surface area (Å²) in [6.07, 6.45) is 2.28. The van der Waals surface area contributed by atoms with Gasteiger partial charge in [-0.05, 0) is 32.9 Å². The molecule has 0 aliphatic rings. The van der Waals surface area contributed by atoms with E-state index in [2.05, 4.69) is 10.1 Å². The van der Waals surface area contributed by atoms with Crippen molar-refractivity contribution in [3.8, 4) is 0 Å². The van der Waals surface area contributed by atoms with Crippen molar-refractivity contribution in [3.63, 3.8) is 0 Å². The number of hydrogen-bond donors (Lipinski definition) is 0. The molecule has 1 aromatic carbocycles. The number of esters is 1. The molecule has 6 nitrogen and oxygen atoms in total. The number of hydrogen-bond acceptors (Lipinski definition) is 5. The summed E-state index contributed by atoms with van der Waals surface area (Å²) >= 11 is 0. The second kappa shape index (κ2) is 6.23.